The second-order valence-electron chi connectivity index (χ2n) is 4.03. The summed E-state index contributed by atoms with van der Waals surface area (Å²) in [5.41, 5.74) is 0.0939. The number of rotatable bonds is 8. The Labute approximate surface area is 115 Å². The number of aliphatic hydroxyl groups excluding tert-OH is 1. The lowest BCUT2D eigenvalue weighted by molar-refractivity contribution is -0.123. The van der Waals surface area contributed by atoms with E-state index < -0.39 is 36.5 Å². The highest BCUT2D eigenvalue weighted by Crippen LogP contribution is 2.23. The van der Waals surface area contributed by atoms with Crippen molar-refractivity contribution >= 4 is 5.91 Å². The Balaban J connectivity index is 2.47. The van der Waals surface area contributed by atoms with Crippen LogP contribution in [0.15, 0.2) is 12.1 Å². The molecule has 0 unspecified atom stereocenters. The molecule has 1 amide bonds. The second-order valence-corrected chi connectivity index (χ2v) is 4.03. The van der Waals surface area contributed by atoms with Gasteiger partial charge in [0.1, 0.15) is 0 Å². The van der Waals surface area contributed by atoms with Gasteiger partial charge in [-0.15, -0.1) is 0 Å². The van der Waals surface area contributed by atoms with Gasteiger partial charge in [0, 0.05) is 20.3 Å². The minimum atomic E-state index is -0.957. The molecule has 0 atom stereocenters. The highest BCUT2D eigenvalue weighted by atomic mass is 19.1. The normalized spacial score (nSPS) is 10.4. The van der Waals surface area contributed by atoms with Crippen LogP contribution in [-0.4, -0.2) is 37.9 Å². The highest BCUT2D eigenvalue weighted by molar-refractivity contribution is 5.77. The maximum atomic E-state index is 13.5. The Bertz CT molecular complexity index is 431. The zero-order valence-corrected chi connectivity index (χ0v) is 11.1. The van der Waals surface area contributed by atoms with Crippen molar-refractivity contribution in [2.45, 2.75) is 13.0 Å². The first-order valence-corrected chi connectivity index (χ1v) is 6.05. The van der Waals surface area contributed by atoms with Crippen LogP contribution in [0.3, 0.4) is 0 Å². The first-order chi connectivity index (χ1) is 9.58. The van der Waals surface area contributed by atoms with Crippen molar-refractivity contribution < 1.29 is 28.2 Å². The highest BCUT2D eigenvalue weighted by Gasteiger charge is 2.14. The first-order valence-electron chi connectivity index (χ1n) is 6.05. The monoisotopic (exact) mass is 289 g/mol. The summed E-state index contributed by atoms with van der Waals surface area (Å²) in [4.78, 5) is 11.4. The van der Waals surface area contributed by atoms with Crippen LogP contribution in [0.2, 0.25) is 0 Å². The largest absolute Gasteiger partial charge is 0.478 e. The fraction of sp³-hybridized carbons (Fsp3) is 0.462. The first kappa shape index (κ1) is 16.3. The van der Waals surface area contributed by atoms with Crippen LogP contribution in [0.5, 0.6) is 5.75 Å². The standard InChI is InChI=1S/C13H17F2NO4/c1-19-4-2-3-16-12(18)8-20-13-10(14)5-9(7-17)6-11(13)15/h5-6,17H,2-4,7-8H2,1H3,(H,16,18). The molecule has 1 aromatic carbocycles. The molecule has 0 spiro atoms. The number of hydrogen-bond acceptors (Lipinski definition) is 4. The van der Waals surface area contributed by atoms with Crippen molar-refractivity contribution in [3.63, 3.8) is 0 Å². The SMILES string of the molecule is COCCCNC(=O)COc1c(F)cc(CO)cc1F. The number of amides is 1. The fourth-order valence-corrected chi connectivity index (χ4v) is 1.47. The molecule has 20 heavy (non-hydrogen) atoms. The molecule has 0 fully saturated rings. The molecule has 112 valence electrons. The van der Waals surface area contributed by atoms with Gasteiger partial charge >= 0.3 is 0 Å². The molecule has 0 aromatic heterocycles. The van der Waals surface area contributed by atoms with Gasteiger partial charge in [-0.05, 0) is 24.1 Å². The average molecular weight is 289 g/mol. The number of carbonyl (C=O) groups is 1. The van der Waals surface area contributed by atoms with Crippen molar-refractivity contribution in [1.29, 1.82) is 0 Å². The Morgan fingerprint density at radius 1 is 1.35 bits per heavy atom. The number of benzene rings is 1. The zero-order valence-electron chi connectivity index (χ0n) is 11.1. The van der Waals surface area contributed by atoms with E-state index in [0.717, 1.165) is 12.1 Å². The topological polar surface area (TPSA) is 67.8 Å². The van der Waals surface area contributed by atoms with Gasteiger partial charge < -0.3 is 19.9 Å². The molecule has 5 nitrogen and oxygen atoms in total. The van der Waals surface area contributed by atoms with Crippen LogP contribution < -0.4 is 10.1 Å². The summed E-state index contributed by atoms with van der Waals surface area (Å²) in [5, 5.41) is 11.3. The van der Waals surface area contributed by atoms with Gasteiger partial charge in [0.25, 0.3) is 5.91 Å². The van der Waals surface area contributed by atoms with Crippen LogP contribution >= 0.6 is 0 Å². The number of methoxy groups -OCH3 is 1. The van der Waals surface area contributed by atoms with Gasteiger partial charge in [0.15, 0.2) is 24.0 Å². The van der Waals surface area contributed by atoms with Crippen molar-refractivity contribution in [3.05, 3.63) is 29.3 Å². The molecule has 0 aliphatic carbocycles. The van der Waals surface area contributed by atoms with E-state index in [-0.39, 0.29) is 5.56 Å². The summed E-state index contributed by atoms with van der Waals surface area (Å²) in [6.07, 6.45) is 0.635. The summed E-state index contributed by atoms with van der Waals surface area (Å²) < 4.78 is 36.6. The molecular formula is C13H17F2NO4. The van der Waals surface area contributed by atoms with E-state index in [4.69, 9.17) is 14.6 Å². The summed E-state index contributed by atoms with van der Waals surface area (Å²) in [6, 6.07) is 1.91. The Hall–Kier alpha value is -1.73. The molecule has 1 rings (SSSR count). The van der Waals surface area contributed by atoms with Crippen LogP contribution in [0, 0.1) is 11.6 Å². The van der Waals surface area contributed by atoms with Gasteiger partial charge in [0.05, 0.1) is 6.61 Å². The Morgan fingerprint density at radius 2 is 2.00 bits per heavy atom. The minimum absolute atomic E-state index is 0.0939. The van der Waals surface area contributed by atoms with E-state index in [1.807, 2.05) is 0 Å². The van der Waals surface area contributed by atoms with E-state index in [1.165, 1.54) is 0 Å². The van der Waals surface area contributed by atoms with Crippen molar-refractivity contribution in [2.24, 2.45) is 0 Å². The van der Waals surface area contributed by atoms with Gasteiger partial charge in [-0.1, -0.05) is 0 Å². The molecule has 0 saturated heterocycles. The quantitative estimate of drug-likeness (QED) is 0.700. The molecule has 1 aromatic rings. The summed E-state index contributed by atoms with van der Waals surface area (Å²) in [6.45, 7) is -0.0646. The number of hydrogen-bond donors (Lipinski definition) is 2. The van der Waals surface area contributed by atoms with Crippen LogP contribution in [0.25, 0.3) is 0 Å². The van der Waals surface area contributed by atoms with Gasteiger partial charge in [-0.3, -0.25) is 4.79 Å². The lowest BCUT2D eigenvalue weighted by atomic mass is 10.2. The lowest BCUT2D eigenvalue weighted by Gasteiger charge is -2.10. The molecule has 0 bridgehead atoms. The Kier molecular flexibility index (Phi) is 6.89. The molecule has 0 aliphatic rings. The van der Waals surface area contributed by atoms with E-state index in [9.17, 15) is 13.6 Å². The van der Waals surface area contributed by atoms with E-state index in [2.05, 4.69) is 5.32 Å². The lowest BCUT2D eigenvalue weighted by Crippen LogP contribution is -2.30. The average Bonchev–Trinajstić information content (AvgIpc) is 2.42. The van der Waals surface area contributed by atoms with Gasteiger partial charge in [-0.25, -0.2) is 8.78 Å². The minimum Gasteiger partial charge on any atom is -0.478 e. The van der Waals surface area contributed by atoms with Crippen LogP contribution in [0.1, 0.15) is 12.0 Å². The number of carbonyl (C=O) groups excluding carboxylic acids is 1. The van der Waals surface area contributed by atoms with Gasteiger partial charge in [0.2, 0.25) is 0 Å². The molecular weight excluding hydrogens is 272 g/mol. The maximum absolute atomic E-state index is 13.5. The number of nitrogens with one attached hydrogen (secondary N) is 1. The number of aliphatic hydroxyl groups is 1. The predicted molar refractivity (Wildman–Crippen MR) is 67.3 cm³/mol. The van der Waals surface area contributed by atoms with Gasteiger partial charge in [-0.2, -0.15) is 0 Å². The van der Waals surface area contributed by atoms with Crippen molar-refractivity contribution in [1.82, 2.24) is 5.32 Å². The van der Waals surface area contributed by atoms with E-state index in [0.29, 0.717) is 19.6 Å². The second kappa shape index (κ2) is 8.44. The van der Waals surface area contributed by atoms with Crippen LogP contribution in [0.4, 0.5) is 8.78 Å². The molecule has 0 aliphatic heterocycles. The maximum Gasteiger partial charge on any atom is 0.257 e. The summed E-state index contributed by atoms with van der Waals surface area (Å²) >= 11 is 0. The van der Waals surface area contributed by atoms with Crippen LogP contribution in [-0.2, 0) is 16.1 Å². The third-order valence-electron chi connectivity index (χ3n) is 2.44. The zero-order chi connectivity index (χ0) is 15.0. The summed E-state index contributed by atoms with van der Waals surface area (Å²) in [7, 11) is 1.55. The molecule has 0 heterocycles. The van der Waals surface area contributed by atoms with Crippen molar-refractivity contribution in [3.8, 4) is 5.75 Å². The van der Waals surface area contributed by atoms with Crippen molar-refractivity contribution in [2.75, 3.05) is 26.9 Å². The Morgan fingerprint density at radius 3 is 2.55 bits per heavy atom. The van der Waals surface area contributed by atoms with E-state index >= 15 is 0 Å². The summed E-state index contributed by atoms with van der Waals surface area (Å²) in [5.74, 6) is -3.03. The van der Waals surface area contributed by atoms with E-state index in [1.54, 1.807) is 7.11 Å². The fourth-order valence-electron chi connectivity index (χ4n) is 1.47. The third kappa shape index (κ3) is 5.10. The number of halogens is 2. The number of ether oxygens (including phenoxy) is 2. The predicted octanol–water partition coefficient (Wildman–Crippen LogP) is 0.989. The molecule has 0 radical (unpaired) electrons. The molecule has 2 N–H and O–H groups in total. The third-order valence-corrected chi connectivity index (χ3v) is 2.44. The molecule has 0 saturated carbocycles. The molecule has 7 heteroatoms. The smallest absolute Gasteiger partial charge is 0.257 e.